The van der Waals surface area contributed by atoms with Gasteiger partial charge in [-0.3, -0.25) is 0 Å². The van der Waals surface area contributed by atoms with E-state index in [9.17, 15) is 0 Å². The maximum absolute atomic E-state index is 4.40. The number of hydrogen-bond acceptors (Lipinski definition) is 5. The Balaban J connectivity index is 1.68. The van der Waals surface area contributed by atoms with Crippen molar-refractivity contribution in [3.63, 3.8) is 0 Å². The highest BCUT2D eigenvalue weighted by Crippen LogP contribution is 2.18. The molecule has 17 heavy (non-hydrogen) atoms. The molecule has 0 bridgehead atoms. The SMILES string of the molecule is CN(C)c1nccc(NCCCNC2CC2)n1. The van der Waals surface area contributed by atoms with Crippen molar-refractivity contribution in [1.82, 2.24) is 15.3 Å². The van der Waals surface area contributed by atoms with Crippen LogP contribution in [0.25, 0.3) is 0 Å². The van der Waals surface area contributed by atoms with Crippen LogP contribution in [0.3, 0.4) is 0 Å². The normalized spacial score (nSPS) is 14.7. The van der Waals surface area contributed by atoms with Crippen LogP contribution in [-0.2, 0) is 0 Å². The molecule has 2 N–H and O–H groups in total. The summed E-state index contributed by atoms with van der Waals surface area (Å²) in [6, 6.07) is 2.70. The zero-order valence-corrected chi connectivity index (χ0v) is 10.6. The van der Waals surface area contributed by atoms with Gasteiger partial charge in [0.1, 0.15) is 5.82 Å². The fourth-order valence-corrected chi connectivity index (χ4v) is 1.56. The average molecular weight is 235 g/mol. The molecule has 0 aliphatic heterocycles. The minimum Gasteiger partial charge on any atom is -0.370 e. The van der Waals surface area contributed by atoms with Crippen molar-refractivity contribution in [3.8, 4) is 0 Å². The lowest BCUT2D eigenvalue weighted by Gasteiger charge is -2.11. The van der Waals surface area contributed by atoms with Gasteiger partial charge in [0.05, 0.1) is 0 Å². The Morgan fingerprint density at radius 3 is 2.88 bits per heavy atom. The Morgan fingerprint density at radius 1 is 1.35 bits per heavy atom. The number of nitrogens with zero attached hydrogens (tertiary/aromatic N) is 3. The third-order valence-electron chi connectivity index (χ3n) is 2.71. The smallest absolute Gasteiger partial charge is 0.226 e. The fraction of sp³-hybridized carbons (Fsp3) is 0.667. The molecule has 0 unspecified atom stereocenters. The number of aromatic nitrogens is 2. The van der Waals surface area contributed by atoms with Crippen molar-refractivity contribution in [3.05, 3.63) is 12.3 Å². The van der Waals surface area contributed by atoms with Gasteiger partial charge in [0.25, 0.3) is 0 Å². The molecular formula is C12H21N5. The number of hydrogen-bond donors (Lipinski definition) is 2. The van der Waals surface area contributed by atoms with E-state index < -0.39 is 0 Å². The molecule has 1 aliphatic carbocycles. The molecule has 0 aromatic carbocycles. The van der Waals surface area contributed by atoms with E-state index in [2.05, 4.69) is 20.6 Å². The Bertz CT molecular complexity index is 349. The molecule has 1 heterocycles. The first-order valence-electron chi connectivity index (χ1n) is 6.23. The molecule has 0 amide bonds. The first-order valence-corrected chi connectivity index (χ1v) is 6.23. The van der Waals surface area contributed by atoms with Crippen LogP contribution in [0, 0.1) is 0 Å². The van der Waals surface area contributed by atoms with Crippen molar-refractivity contribution < 1.29 is 0 Å². The topological polar surface area (TPSA) is 53.1 Å². The van der Waals surface area contributed by atoms with Gasteiger partial charge in [-0.2, -0.15) is 4.98 Å². The summed E-state index contributed by atoms with van der Waals surface area (Å²) in [7, 11) is 3.89. The summed E-state index contributed by atoms with van der Waals surface area (Å²) in [6.07, 6.45) is 5.61. The van der Waals surface area contributed by atoms with E-state index in [0.29, 0.717) is 0 Å². The van der Waals surface area contributed by atoms with Gasteiger partial charge in [0, 0.05) is 32.9 Å². The summed E-state index contributed by atoms with van der Waals surface area (Å²) >= 11 is 0. The van der Waals surface area contributed by atoms with Crippen LogP contribution in [0.4, 0.5) is 11.8 Å². The molecule has 1 aliphatic rings. The van der Waals surface area contributed by atoms with Gasteiger partial charge >= 0.3 is 0 Å². The molecule has 1 saturated carbocycles. The number of rotatable bonds is 7. The zero-order valence-electron chi connectivity index (χ0n) is 10.6. The molecule has 0 spiro atoms. The Labute approximate surface area is 103 Å². The number of nitrogens with one attached hydrogen (secondary N) is 2. The van der Waals surface area contributed by atoms with Gasteiger partial charge < -0.3 is 15.5 Å². The highest BCUT2D eigenvalue weighted by Gasteiger charge is 2.19. The molecule has 5 heteroatoms. The van der Waals surface area contributed by atoms with E-state index in [0.717, 1.165) is 37.3 Å². The minimum atomic E-state index is 0.742. The monoisotopic (exact) mass is 235 g/mol. The Morgan fingerprint density at radius 2 is 2.18 bits per heavy atom. The molecular weight excluding hydrogens is 214 g/mol. The predicted octanol–water partition coefficient (Wildman–Crippen LogP) is 1.10. The van der Waals surface area contributed by atoms with Gasteiger partial charge in [-0.1, -0.05) is 0 Å². The van der Waals surface area contributed by atoms with Crippen molar-refractivity contribution in [1.29, 1.82) is 0 Å². The molecule has 0 radical (unpaired) electrons. The van der Waals surface area contributed by atoms with Gasteiger partial charge in [-0.25, -0.2) is 4.98 Å². The van der Waals surface area contributed by atoms with E-state index in [1.165, 1.54) is 12.8 Å². The maximum atomic E-state index is 4.40. The van der Waals surface area contributed by atoms with Crippen LogP contribution in [0.2, 0.25) is 0 Å². The fourth-order valence-electron chi connectivity index (χ4n) is 1.56. The van der Waals surface area contributed by atoms with E-state index in [1.807, 2.05) is 25.1 Å². The molecule has 1 aromatic rings. The molecule has 0 saturated heterocycles. The number of anilines is 2. The maximum Gasteiger partial charge on any atom is 0.226 e. The third kappa shape index (κ3) is 4.19. The summed E-state index contributed by atoms with van der Waals surface area (Å²) in [5.41, 5.74) is 0. The van der Waals surface area contributed by atoms with Gasteiger partial charge in [-0.05, 0) is 31.9 Å². The first-order chi connectivity index (χ1) is 8.25. The summed E-state index contributed by atoms with van der Waals surface area (Å²) in [4.78, 5) is 10.5. The van der Waals surface area contributed by atoms with E-state index in [4.69, 9.17) is 0 Å². The molecule has 1 fully saturated rings. The van der Waals surface area contributed by atoms with Crippen molar-refractivity contribution in [2.45, 2.75) is 25.3 Å². The molecule has 5 nitrogen and oxygen atoms in total. The second kappa shape index (κ2) is 5.82. The van der Waals surface area contributed by atoms with Crippen LogP contribution in [0.1, 0.15) is 19.3 Å². The lowest BCUT2D eigenvalue weighted by Crippen LogP contribution is -2.20. The molecule has 94 valence electrons. The first kappa shape index (κ1) is 12.1. The van der Waals surface area contributed by atoms with Crippen LogP contribution in [0.15, 0.2) is 12.3 Å². The highest BCUT2D eigenvalue weighted by atomic mass is 15.2. The van der Waals surface area contributed by atoms with Crippen LogP contribution >= 0.6 is 0 Å². The summed E-state index contributed by atoms with van der Waals surface area (Å²) in [5.74, 6) is 1.64. The summed E-state index contributed by atoms with van der Waals surface area (Å²) < 4.78 is 0. The van der Waals surface area contributed by atoms with Gasteiger partial charge in [0.15, 0.2) is 0 Å². The molecule has 2 rings (SSSR count). The van der Waals surface area contributed by atoms with E-state index >= 15 is 0 Å². The Kier molecular flexibility index (Phi) is 4.14. The van der Waals surface area contributed by atoms with Crippen LogP contribution < -0.4 is 15.5 Å². The van der Waals surface area contributed by atoms with Crippen LogP contribution in [0.5, 0.6) is 0 Å². The predicted molar refractivity (Wildman–Crippen MR) is 70.5 cm³/mol. The van der Waals surface area contributed by atoms with Gasteiger partial charge in [0.2, 0.25) is 5.95 Å². The summed E-state index contributed by atoms with van der Waals surface area (Å²) in [6.45, 7) is 2.03. The van der Waals surface area contributed by atoms with Crippen molar-refractivity contribution in [2.75, 3.05) is 37.4 Å². The second-order valence-corrected chi connectivity index (χ2v) is 4.65. The third-order valence-corrected chi connectivity index (χ3v) is 2.71. The van der Waals surface area contributed by atoms with Crippen molar-refractivity contribution in [2.24, 2.45) is 0 Å². The molecule has 0 atom stereocenters. The lowest BCUT2D eigenvalue weighted by molar-refractivity contribution is 0.658. The van der Waals surface area contributed by atoms with E-state index in [1.54, 1.807) is 6.20 Å². The lowest BCUT2D eigenvalue weighted by atomic mass is 10.4. The van der Waals surface area contributed by atoms with Crippen molar-refractivity contribution >= 4 is 11.8 Å². The standard InChI is InChI=1S/C12H21N5/c1-17(2)12-15-9-6-11(16-12)14-8-3-7-13-10-4-5-10/h6,9-10,13H,3-5,7-8H2,1-2H3,(H,14,15,16). The molecule has 1 aromatic heterocycles. The highest BCUT2D eigenvalue weighted by molar-refractivity contribution is 5.40. The average Bonchev–Trinajstić information content (AvgIpc) is 3.13. The zero-order chi connectivity index (χ0) is 12.1. The largest absolute Gasteiger partial charge is 0.370 e. The second-order valence-electron chi connectivity index (χ2n) is 4.65. The summed E-state index contributed by atoms with van der Waals surface area (Å²) in [5, 5.41) is 6.81. The van der Waals surface area contributed by atoms with Crippen LogP contribution in [-0.4, -0.2) is 43.2 Å². The quantitative estimate of drug-likeness (QED) is 0.693. The Hall–Kier alpha value is -1.36. The van der Waals surface area contributed by atoms with E-state index in [-0.39, 0.29) is 0 Å². The van der Waals surface area contributed by atoms with Gasteiger partial charge in [-0.15, -0.1) is 0 Å². The minimum absolute atomic E-state index is 0.742.